The molecule has 0 bridgehead atoms. The molecule has 0 spiro atoms. The van der Waals surface area contributed by atoms with Gasteiger partial charge in [0.15, 0.2) is 0 Å². The molecule has 2 atom stereocenters. The van der Waals surface area contributed by atoms with Gasteiger partial charge < -0.3 is 10.6 Å². The van der Waals surface area contributed by atoms with Crippen LogP contribution in [0.15, 0.2) is 0 Å². The smallest absolute Gasteiger partial charge is 0.224 e. The van der Waals surface area contributed by atoms with Crippen LogP contribution in [0.25, 0.3) is 0 Å². The van der Waals surface area contributed by atoms with E-state index in [1.54, 1.807) is 0 Å². The standard InChI is InChI=1S/C13H25N3O/c1-3-16(11-4-5-11)7-6-15-13(17)12-9-14-8-10(12)2/h10-12,14H,3-9H2,1-2H3,(H,15,17)/t10-,12-/m1/s1. The predicted molar refractivity (Wildman–Crippen MR) is 68.8 cm³/mol. The summed E-state index contributed by atoms with van der Waals surface area (Å²) in [5, 5.41) is 6.35. The van der Waals surface area contributed by atoms with Gasteiger partial charge in [-0.3, -0.25) is 9.69 Å². The van der Waals surface area contributed by atoms with Crippen LogP contribution in [0.3, 0.4) is 0 Å². The highest BCUT2D eigenvalue weighted by atomic mass is 16.1. The third-order valence-electron chi connectivity index (χ3n) is 4.02. The van der Waals surface area contributed by atoms with E-state index in [0.29, 0.717) is 5.92 Å². The van der Waals surface area contributed by atoms with E-state index in [4.69, 9.17) is 0 Å². The second-order valence-electron chi connectivity index (χ2n) is 5.39. The Morgan fingerprint density at radius 3 is 2.71 bits per heavy atom. The molecule has 4 heteroatoms. The number of carbonyl (C=O) groups is 1. The summed E-state index contributed by atoms with van der Waals surface area (Å²) >= 11 is 0. The summed E-state index contributed by atoms with van der Waals surface area (Å²) in [5.41, 5.74) is 0. The van der Waals surface area contributed by atoms with Gasteiger partial charge in [-0.1, -0.05) is 13.8 Å². The molecule has 0 aromatic carbocycles. The van der Waals surface area contributed by atoms with Gasteiger partial charge in [-0.05, 0) is 31.8 Å². The molecule has 4 nitrogen and oxygen atoms in total. The number of hydrogen-bond acceptors (Lipinski definition) is 3. The van der Waals surface area contributed by atoms with Crippen molar-refractivity contribution in [3.8, 4) is 0 Å². The quantitative estimate of drug-likeness (QED) is 0.707. The van der Waals surface area contributed by atoms with Crippen molar-refractivity contribution in [1.29, 1.82) is 0 Å². The lowest BCUT2D eigenvalue weighted by atomic mass is 9.97. The lowest BCUT2D eigenvalue weighted by Gasteiger charge is -2.21. The van der Waals surface area contributed by atoms with Gasteiger partial charge in [0, 0.05) is 25.7 Å². The fourth-order valence-electron chi connectivity index (χ4n) is 2.65. The largest absolute Gasteiger partial charge is 0.355 e. The molecule has 0 unspecified atom stereocenters. The first-order valence-corrected chi connectivity index (χ1v) is 6.94. The molecule has 1 saturated carbocycles. The van der Waals surface area contributed by atoms with Gasteiger partial charge in [0.1, 0.15) is 0 Å². The van der Waals surface area contributed by atoms with E-state index < -0.39 is 0 Å². The van der Waals surface area contributed by atoms with Crippen LogP contribution in [0.2, 0.25) is 0 Å². The average Bonchev–Trinajstić information content (AvgIpc) is 3.06. The zero-order valence-corrected chi connectivity index (χ0v) is 11.0. The van der Waals surface area contributed by atoms with Crippen LogP contribution < -0.4 is 10.6 Å². The molecular weight excluding hydrogens is 214 g/mol. The number of rotatable bonds is 6. The minimum Gasteiger partial charge on any atom is -0.355 e. The molecule has 0 aromatic heterocycles. The van der Waals surface area contributed by atoms with Crippen LogP contribution in [0.1, 0.15) is 26.7 Å². The molecule has 17 heavy (non-hydrogen) atoms. The molecule has 2 N–H and O–H groups in total. The third-order valence-corrected chi connectivity index (χ3v) is 4.02. The van der Waals surface area contributed by atoms with Crippen molar-refractivity contribution in [3.05, 3.63) is 0 Å². The van der Waals surface area contributed by atoms with E-state index in [2.05, 4.69) is 29.4 Å². The number of carbonyl (C=O) groups excluding carboxylic acids is 1. The van der Waals surface area contributed by atoms with Gasteiger partial charge in [0.2, 0.25) is 5.91 Å². The highest BCUT2D eigenvalue weighted by molar-refractivity contribution is 5.79. The molecule has 1 saturated heterocycles. The summed E-state index contributed by atoms with van der Waals surface area (Å²) in [6, 6.07) is 0.795. The van der Waals surface area contributed by atoms with Crippen molar-refractivity contribution in [2.24, 2.45) is 11.8 Å². The molecule has 2 fully saturated rings. The zero-order chi connectivity index (χ0) is 12.3. The van der Waals surface area contributed by atoms with Gasteiger partial charge >= 0.3 is 0 Å². The van der Waals surface area contributed by atoms with Crippen molar-refractivity contribution >= 4 is 5.91 Å². The average molecular weight is 239 g/mol. The molecule has 0 aromatic rings. The first-order valence-electron chi connectivity index (χ1n) is 6.94. The number of amides is 1. The van der Waals surface area contributed by atoms with Crippen LogP contribution in [0.4, 0.5) is 0 Å². The van der Waals surface area contributed by atoms with E-state index in [9.17, 15) is 4.79 Å². The molecule has 0 radical (unpaired) electrons. The van der Waals surface area contributed by atoms with Gasteiger partial charge in [-0.25, -0.2) is 0 Å². The molecule has 1 heterocycles. The minimum atomic E-state index is 0.172. The first kappa shape index (κ1) is 12.8. The summed E-state index contributed by atoms with van der Waals surface area (Å²) in [6.45, 7) is 9.06. The predicted octanol–water partition coefficient (Wildman–Crippen LogP) is 0.442. The maximum atomic E-state index is 11.9. The Balaban J connectivity index is 1.65. The number of nitrogens with one attached hydrogen (secondary N) is 2. The SMILES string of the molecule is CCN(CCNC(=O)[C@@H]1CNC[C@H]1C)C1CC1. The van der Waals surface area contributed by atoms with Crippen LogP contribution in [0.5, 0.6) is 0 Å². The highest BCUT2D eigenvalue weighted by Gasteiger charge is 2.30. The Hall–Kier alpha value is -0.610. The van der Waals surface area contributed by atoms with Gasteiger partial charge in [0.25, 0.3) is 0 Å². The fraction of sp³-hybridized carbons (Fsp3) is 0.923. The summed E-state index contributed by atoms with van der Waals surface area (Å²) in [4.78, 5) is 14.4. The van der Waals surface area contributed by atoms with E-state index >= 15 is 0 Å². The Bertz CT molecular complexity index is 265. The number of hydrogen-bond donors (Lipinski definition) is 2. The van der Waals surface area contributed by atoms with Gasteiger partial charge in [-0.15, -0.1) is 0 Å². The second kappa shape index (κ2) is 5.83. The Labute approximate surface area is 104 Å². The Morgan fingerprint density at radius 2 is 2.18 bits per heavy atom. The van der Waals surface area contributed by atoms with E-state index in [0.717, 1.165) is 38.8 Å². The second-order valence-corrected chi connectivity index (χ2v) is 5.39. The number of likely N-dealkylation sites (N-methyl/N-ethyl adjacent to an activating group) is 1. The lowest BCUT2D eigenvalue weighted by molar-refractivity contribution is -0.125. The topological polar surface area (TPSA) is 44.4 Å². The maximum Gasteiger partial charge on any atom is 0.224 e. The van der Waals surface area contributed by atoms with Crippen molar-refractivity contribution < 1.29 is 4.79 Å². The Kier molecular flexibility index (Phi) is 4.40. The molecular formula is C13H25N3O. The molecule has 1 aliphatic carbocycles. The highest BCUT2D eigenvalue weighted by Crippen LogP contribution is 2.25. The molecule has 1 amide bonds. The molecule has 2 rings (SSSR count). The van der Waals surface area contributed by atoms with Crippen LogP contribution in [0, 0.1) is 11.8 Å². The molecule has 2 aliphatic rings. The first-order chi connectivity index (χ1) is 8.22. The van der Waals surface area contributed by atoms with E-state index in [-0.39, 0.29) is 11.8 Å². The van der Waals surface area contributed by atoms with Crippen molar-refractivity contribution in [2.75, 3.05) is 32.7 Å². The van der Waals surface area contributed by atoms with Crippen molar-refractivity contribution in [1.82, 2.24) is 15.5 Å². The zero-order valence-electron chi connectivity index (χ0n) is 11.0. The monoisotopic (exact) mass is 239 g/mol. The van der Waals surface area contributed by atoms with Crippen molar-refractivity contribution in [3.63, 3.8) is 0 Å². The summed E-state index contributed by atoms with van der Waals surface area (Å²) in [7, 11) is 0. The molecule has 98 valence electrons. The van der Waals surface area contributed by atoms with E-state index in [1.165, 1.54) is 12.8 Å². The van der Waals surface area contributed by atoms with Crippen LogP contribution in [-0.2, 0) is 4.79 Å². The lowest BCUT2D eigenvalue weighted by Crippen LogP contribution is -2.40. The summed E-state index contributed by atoms with van der Waals surface area (Å²) < 4.78 is 0. The van der Waals surface area contributed by atoms with Crippen LogP contribution in [-0.4, -0.2) is 49.6 Å². The summed E-state index contributed by atoms with van der Waals surface area (Å²) in [6.07, 6.45) is 2.68. The Morgan fingerprint density at radius 1 is 1.41 bits per heavy atom. The van der Waals surface area contributed by atoms with Gasteiger partial charge in [0.05, 0.1) is 5.92 Å². The third kappa shape index (κ3) is 3.42. The normalized spacial score (nSPS) is 28.6. The minimum absolute atomic E-state index is 0.172. The van der Waals surface area contributed by atoms with Crippen molar-refractivity contribution in [2.45, 2.75) is 32.7 Å². The fourth-order valence-corrected chi connectivity index (χ4v) is 2.65. The summed E-state index contributed by atoms with van der Waals surface area (Å²) in [5.74, 6) is 0.876. The van der Waals surface area contributed by atoms with Crippen LogP contribution >= 0.6 is 0 Å². The maximum absolute atomic E-state index is 11.9. The van der Waals surface area contributed by atoms with Gasteiger partial charge in [-0.2, -0.15) is 0 Å². The molecule has 1 aliphatic heterocycles. The number of nitrogens with zero attached hydrogens (tertiary/aromatic N) is 1. The van der Waals surface area contributed by atoms with E-state index in [1.807, 2.05) is 0 Å².